The minimum Gasteiger partial charge on any atom is -0.496 e. The maximum atomic E-state index is 12.7. The maximum absolute atomic E-state index is 12.7. The molecule has 170 valence electrons. The first-order valence-electron chi connectivity index (χ1n) is 10.9. The first kappa shape index (κ1) is 22.3. The van der Waals surface area contributed by atoms with Gasteiger partial charge in [0.15, 0.2) is 5.82 Å². The number of carbonyl (C=O) groups is 2. The van der Waals surface area contributed by atoms with Crippen molar-refractivity contribution >= 4 is 29.0 Å². The molecule has 0 saturated carbocycles. The zero-order valence-electron chi connectivity index (χ0n) is 18.7. The van der Waals surface area contributed by atoms with Gasteiger partial charge in [-0.1, -0.05) is 18.2 Å². The Labute approximate surface area is 193 Å². The average molecular weight is 446 g/mol. The summed E-state index contributed by atoms with van der Waals surface area (Å²) in [5.74, 6) is 1.33. The van der Waals surface area contributed by atoms with Gasteiger partial charge in [0.2, 0.25) is 11.8 Å². The van der Waals surface area contributed by atoms with Crippen molar-refractivity contribution in [3.8, 4) is 17.0 Å². The van der Waals surface area contributed by atoms with Crippen molar-refractivity contribution in [3.63, 3.8) is 0 Å². The number of piperidine rings is 1. The summed E-state index contributed by atoms with van der Waals surface area (Å²) in [6, 6.07) is 18.8. The van der Waals surface area contributed by atoms with Crippen LogP contribution in [0.3, 0.4) is 0 Å². The third-order valence-corrected chi connectivity index (χ3v) is 5.67. The van der Waals surface area contributed by atoms with E-state index in [1.165, 1.54) is 6.92 Å². The van der Waals surface area contributed by atoms with E-state index in [0.29, 0.717) is 11.4 Å². The largest absolute Gasteiger partial charge is 0.496 e. The number of nitrogens with zero attached hydrogens (tertiary/aromatic N) is 3. The number of methoxy groups -OCH3 is 1. The van der Waals surface area contributed by atoms with Crippen LogP contribution in [0.2, 0.25) is 0 Å². The van der Waals surface area contributed by atoms with Gasteiger partial charge in [-0.25, -0.2) is 0 Å². The van der Waals surface area contributed by atoms with E-state index in [4.69, 9.17) is 4.74 Å². The third kappa shape index (κ3) is 5.46. The summed E-state index contributed by atoms with van der Waals surface area (Å²) in [7, 11) is 1.64. The maximum Gasteiger partial charge on any atom is 0.227 e. The molecule has 1 saturated heterocycles. The second kappa shape index (κ2) is 10.1. The number of para-hydroxylation sites is 1. The lowest BCUT2D eigenvalue weighted by atomic mass is 9.95. The number of rotatable bonds is 6. The monoisotopic (exact) mass is 445 g/mol. The van der Waals surface area contributed by atoms with Gasteiger partial charge in [0.1, 0.15) is 5.75 Å². The highest BCUT2D eigenvalue weighted by Gasteiger charge is 2.26. The molecule has 8 heteroatoms. The quantitative estimate of drug-likeness (QED) is 0.596. The Hall–Kier alpha value is -3.94. The highest BCUT2D eigenvalue weighted by atomic mass is 16.5. The number of ether oxygens (including phenoxy) is 1. The molecule has 0 atom stereocenters. The first-order valence-corrected chi connectivity index (χ1v) is 10.9. The molecule has 0 bridgehead atoms. The molecule has 1 aromatic heterocycles. The van der Waals surface area contributed by atoms with E-state index in [1.54, 1.807) is 25.3 Å². The molecule has 1 aliphatic rings. The smallest absolute Gasteiger partial charge is 0.227 e. The highest BCUT2D eigenvalue weighted by molar-refractivity contribution is 5.94. The van der Waals surface area contributed by atoms with Crippen LogP contribution < -0.4 is 20.3 Å². The van der Waals surface area contributed by atoms with Crippen molar-refractivity contribution in [2.24, 2.45) is 5.92 Å². The van der Waals surface area contributed by atoms with Crippen LogP contribution in [0, 0.1) is 5.92 Å². The summed E-state index contributed by atoms with van der Waals surface area (Å²) in [4.78, 5) is 26.1. The molecule has 33 heavy (non-hydrogen) atoms. The predicted octanol–water partition coefficient (Wildman–Crippen LogP) is 3.97. The molecule has 1 aliphatic heterocycles. The second-order valence-corrected chi connectivity index (χ2v) is 7.99. The van der Waals surface area contributed by atoms with E-state index in [9.17, 15) is 9.59 Å². The van der Waals surface area contributed by atoms with E-state index in [2.05, 4.69) is 25.7 Å². The Kier molecular flexibility index (Phi) is 6.83. The molecule has 2 amide bonds. The van der Waals surface area contributed by atoms with Gasteiger partial charge >= 0.3 is 0 Å². The molecular formula is C25H27N5O3. The van der Waals surface area contributed by atoms with E-state index in [0.717, 1.165) is 48.8 Å². The van der Waals surface area contributed by atoms with Gasteiger partial charge in [-0.15, -0.1) is 10.2 Å². The molecule has 2 heterocycles. The topological polar surface area (TPSA) is 96.5 Å². The summed E-state index contributed by atoms with van der Waals surface area (Å²) in [5, 5.41) is 14.5. The molecule has 0 unspecified atom stereocenters. The zero-order valence-corrected chi connectivity index (χ0v) is 18.7. The predicted molar refractivity (Wildman–Crippen MR) is 128 cm³/mol. The minimum atomic E-state index is -0.148. The fourth-order valence-corrected chi connectivity index (χ4v) is 3.99. The second-order valence-electron chi connectivity index (χ2n) is 7.99. The summed E-state index contributed by atoms with van der Waals surface area (Å²) in [6.07, 6.45) is 1.46. The van der Waals surface area contributed by atoms with Crippen LogP contribution in [0.25, 0.3) is 11.3 Å². The Morgan fingerprint density at radius 2 is 1.67 bits per heavy atom. The van der Waals surface area contributed by atoms with Crippen LogP contribution in [0.4, 0.5) is 17.2 Å². The number of hydrogen-bond donors (Lipinski definition) is 2. The van der Waals surface area contributed by atoms with Gasteiger partial charge in [-0.05, 0) is 55.3 Å². The summed E-state index contributed by atoms with van der Waals surface area (Å²) < 4.78 is 5.41. The Balaban J connectivity index is 1.34. The highest BCUT2D eigenvalue weighted by Crippen LogP contribution is 2.29. The summed E-state index contributed by atoms with van der Waals surface area (Å²) >= 11 is 0. The number of hydrogen-bond acceptors (Lipinski definition) is 6. The van der Waals surface area contributed by atoms with Crippen molar-refractivity contribution in [1.82, 2.24) is 10.2 Å². The van der Waals surface area contributed by atoms with Crippen molar-refractivity contribution in [3.05, 3.63) is 60.7 Å². The molecule has 4 rings (SSSR count). The number of aromatic nitrogens is 2. The minimum absolute atomic E-state index is 0.00719. The van der Waals surface area contributed by atoms with Crippen LogP contribution >= 0.6 is 0 Å². The van der Waals surface area contributed by atoms with E-state index in [-0.39, 0.29) is 17.7 Å². The number of carbonyl (C=O) groups excluding carboxylic acids is 2. The van der Waals surface area contributed by atoms with Crippen molar-refractivity contribution in [1.29, 1.82) is 0 Å². The summed E-state index contributed by atoms with van der Waals surface area (Å²) in [5.41, 5.74) is 2.99. The first-order chi connectivity index (χ1) is 16.0. The molecule has 0 aliphatic carbocycles. The van der Waals surface area contributed by atoms with Crippen LogP contribution in [0.5, 0.6) is 5.75 Å². The Bertz CT molecular complexity index is 1120. The van der Waals surface area contributed by atoms with E-state index in [1.807, 2.05) is 42.5 Å². The average Bonchev–Trinajstić information content (AvgIpc) is 2.84. The Morgan fingerprint density at radius 1 is 0.939 bits per heavy atom. The van der Waals surface area contributed by atoms with Crippen molar-refractivity contribution < 1.29 is 14.3 Å². The molecule has 2 N–H and O–H groups in total. The molecular weight excluding hydrogens is 418 g/mol. The van der Waals surface area contributed by atoms with Gasteiger partial charge < -0.3 is 20.3 Å². The number of nitrogens with one attached hydrogen (secondary N) is 2. The van der Waals surface area contributed by atoms with E-state index < -0.39 is 0 Å². The standard InChI is InChI=1S/C25H27N5O3/c1-17(31)26-19-6-5-7-20(16-19)27-25(32)18-12-14-30(15-13-18)24-11-10-22(28-29-24)21-8-3-4-9-23(21)33-2/h3-11,16,18H,12-15H2,1-2H3,(H,26,31)(H,27,32). The molecule has 0 radical (unpaired) electrons. The SMILES string of the molecule is COc1ccccc1-c1ccc(N2CCC(C(=O)Nc3cccc(NC(C)=O)c3)CC2)nn1. The lowest BCUT2D eigenvalue weighted by molar-refractivity contribution is -0.120. The number of anilines is 3. The van der Waals surface area contributed by atoms with Gasteiger partial charge in [-0.3, -0.25) is 9.59 Å². The van der Waals surface area contributed by atoms with Crippen LogP contribution in [-0.2, 0) is 9.59 Å². The van der Waals surface area contributed by atoms with Crippen LogP contribution in [0.15, 0.2) is 60.7 Å². The molecule has 1 fully saturated rings. The fraction of sp³-hybridized carbons (Fsp3) is 0.280. The van der Waals surface area contributed by atoms with Crippen LogP contribution in [0.1, 0.15) is 19.8 Å². The number of amides is 2. The van der Waals surface area contributed by atoms with Gasteiger partial charge in [0.25, 0.3) is 0 Å². The molecule has 2 aromatic carbocycles. The van der Waals surface area contributed by atoms with Crippen molar-refractivity contribution in [2.75, 3.05) is 35.7 Å². The molecule has 3 aromatic rings. The number of benzene rings is 2. The molecule has 8 nitrogen and oxygen atoms in total. The lowest BCUT2D eigenvalue weighted by Crippen LogP contribution is -2.38. The summed E-state index contributed by atoms with van der Waals surface area (Å²) in [6.45, 7) is 2.91. The normalized spacial score (nSPS) is 13.9. The zero-order chi connectivity index (χ0) is 23.2. The van der Waals surface area contributed by atoms with Crippen LogP contribution in [-0.4, -0.2) is 42.2 Å². The van der Waals surface area contributed by atoms with Gasteiger partial charge in [-0.2, -0.15) is 0 Å². The van der Waals surface area contributed by atoms with Gasteiger partial charge in [0.05, 0.1) is 12.8 Å². The third-order valence-electron chi connectivity index (χ3n) is 5.67. The lowest BCUT2D eigenvalue weighted by Gasteiger charge is -2.31. The van der Waals surface area contributed by atoms with E-state index >= 15 is 0 Å². The van der Waals surface area contributed by atoms with Gasteiger partial charge in [0, 0.05) is 42.9 Å². The molecule has 0 spiro atoms. The Morgan fingerprint density at radius 3 is 2.33 bits per heavy atom. The van der Waals surface area contributed by atoms with Crippen molar-refractivity contribution in [2.45, 2.75) is 19.8 Å². The fourth-order valence-electron chi connectivity index (χ4n) is 3.99.